The van der Waals surface area contributed by atoms with E-state index in [1.54, 1.807) is 30.9 Å². The SMILES string of the molecule is CCCC(Cc1cc(-c2ccc(O)c(OC)c2)ncn1)c1cccnc1.CCCC(Cc1cc(Cl)ncn1)c1cccnc1. The van der Waals surface area contributed by atoms with Gasteiger partial charge in [-0.15, -0.1) is 0 Å². The molecule has 0 saturated carbocycles. The third-order valence-corrected chi connectivity index (χ3v) is 7.59. The van der Waals surface area contributed by atoms with Crippen LogP contribution in [0.3, 0.4) is 0 Å². The van der Waals surface area contributed by atoms with Crippen LogP contribution in [-0.2, 0) is 12.8 Å². The number of phenolic OH excluding ortho intramolecular Hbond substituents is 1. The van der Waals surface area contributed by atoms with Gasteiger partial charge in [-0.2, -0.15) is 0 Å². The predicted octanol–water partition coefficient (Wildman–Crippen LogP) is 8.03. The largest absolute Gasteiger partial charge is 0.504 e. The van der Waals surface area contributed by atoms with Crippen molar-refractivity contribution in [3.63, 3.8) is 0 Å². The summed E-state index contributed by atoms with van der Waals surface area (Å²) in [6.45, 7) is 4.38. The Morgan fingerprint density at radius 3 is 1.86 bits per heavy atom. The number of phenols is 1. The van der Waals surface area contributed by atoms with Crippen LogP contribution < -0.4 is 4.74 Å². The fourth-order valence-corrected chi connectivity index (χ4v) is 5.37. The van der Waals surface area contributed by atoms with Crippen molar-refractivity contribution in [3.8, 4) is 22.8 Å². The summed E-state index contributed by atoms with van der Waals surface area (Å²) in [5.41, 5.74) is 6.17. The quantitative estimate of drug-likeness (QED) is 0.141. The van der Waals surface area contributed by atoms with Crippen molar-refractivity contribution < 1.29 is 9.84 Å². The number of nitrogens with zero attached hydrogens (tertiary/aromatic N) is 6. The predicted molar refractivity (Wildman–Crippen MR) is 174 cm³/mol. The minimum Gasteiger partial charge on any atom is -0.504 e. The summed E-state index contributed by atoms with van der Waals surface area (Å²) >= 11 is 5.89. The summed E-state index contributed by atoms with van der Waals surface area (Å²) in [4.78, 5) is 25.5. The van der Waals surface area contributed by atoms with Gasteiger partial charge in [0, 0.05) is 41.7 Å². The van der Waals surface area contributed by atoms with Gasteiger partial charge in [-0.05, 0) is 91.1 Å². The summed E-state index contributed by atoms with van der Waals surface area (Å²) in [5.74, 6) is 1.37. The zero-order valence-corrected chi connectivity index (χ0v) is 26.2. The minimum absolute atomic E-state index is 0.116. The molecule has 4 aromatic heterocycles. The number of methoxy groups -OCH3 is 1. The fraction of sp³-hybridized carbons (Fsp3) is 0.314. The van der Waals surface area contributed by atoms with Gasteiger partial charge in [-0.25, -0.2) is 19.9 Å². The van der Waals surface area contributed by atoms with Crippen LogP contribution in [0.4, 0.5) is 0 Å². The molecule has 0 fully saturated rings. The molecule has 2 unspecified atom stereocenters. The van der Waals surface area contributed by atoms with Crippen LogP contribution >= 0.6 is 11.6 Å². The molecule has 8 nitrogen and oxygen atoms in total. The van der Waals surface area contributed by atoms with Crippen molar-refractivity contribution in [1.82, 2.24) is 29.9 Å². The van der Waals surface area contributed by atoms with Gasteiger partial charge >= 0.3 is 0 Å². The molecular formula is C35H39ClN6O2. The third-order valence-electron chi connectivity index (χ3n) is 7.39. The lowest BCUT2D eigenvalue weighted by atomic mass is 9.91. The highest BCUT2D eigenvalue weighted by Crippen LogP contribution is 2.31. The second-order valence-electron chi connectivity index (χ2n) is 10.6. The number of ether oxygens (including phenoxy) is 1. The lowest BCUT2D eigenvalue weighted by Gasteiger charge is -2.16. The summed E-state index contributed by atoms with van der Waals surface area (Å²) < 4.78 is 5.19. The van der Waals surface area contributed by atoms with Gasteiger partial charge in [-0.1, -0.05) is 50.4 Å². The Kier molecular flexibility index (Phi) is 12.6. The Hall–Kier alpha value is -4.43. The summed E-state index contributed by atoms with van der Waals surface area (Å²) in [6, 6.07) is 17.3. The molecule has 0 saturated heterocycles. The number of aromatic nitrogens is 6. The van der Waals surface area contributed by atoms with Gasteiger partial charge in [0.25, 0.3) is 0 Å². The Labute approximate surface area is 264 Å². The van der Waals surface area contributed by atoms with E-state index >= 15 is 0 Å². The average Bonchev–Trinajstić information content (AvgIpc) is 3.06. The lowest BCUT2D eigenvalue weighted by molar-refractivity contribution is 0.373. The van der Waals surface area contributed by atoms with Crippen LogP contribution in [0.25, 0.3) is 11.3 Å². The van der Waals surface area contributed by atoms with E-state index in [9.17, 15) is 5.11 Å². The molecule has 44 heavy (non-hydrogen) atoms. The maximum Gasteiger partial charge on any atom is 0.161 e. The number of hydrogen-bond donors (Lipinski definition) is 1. The van der Waals surface area contributed by atoms with E-state index in [2.05, 4.69) is 55.9 Å². The molecule has 5 aromatic rings. The average molecular weight is 611 g/mol. The monoisotopic (exact) mass is 610 g/mol. The first-order valence-corrected chi connectivity index (χ1v) is 15.3. The van der Waals surface area contributed by atoms with Crippen LogP contribution in [0.1, 0.15) is 73.9 Å². The number of hydrogen-bond acceptors (Lipinski definition) is 8. The van der Waals surface area contributed by atoms with Gasteiger partial charge < -0.3 is 9.84 Å². The van der Waals surface area contributed by atoms with Gasteiger partial charge in [-0.3, -0.25) is 9.97 Å². The van der Waals surface area contributed by atoms with E-state index in [4.69, 9.17) is 16.3 Å². The van der Waals surface area contributed by atoms with Crippen LogP contribution in [0.15, 0.2) is 92.0 Å². The number of benzene rings is 1. The maximum atomic E-state index is 9.78. The fourth-order valence-electron chi connectivity index (χ4n) is 5.20. The molecule has 0 aliphatic rings. The van der Waals surface area contributed by atoms with Crippen LogP contribution in [0, 0.1) is 0 Å². The van der Waals surface area contributed by atoms with Crippen LogP contribution in [0.5, 0.6) is 11.5 Å². The third kappa shape index (κ3) is 9.54. The Morgan fingerprint density at radius 1 is 0.750 bits per heavy atom. The van der Waals surface area contributed by atoms with E-state index < -0.39 is 0 Å². The molecule has 2 atom stereocenters. The van der Waals surface area contributed by atoms with Gasteiger partial charge in [0.05, 0.1) is 12.8 Å². The second-order valence-corrected chi connectivity index (χ2v) is 11.0. The van der Waals surface area contributed by atoms with Crippen molar-refractivity contribution in [2.24, 2.45) is 0 Å². The van der Waals surface area contributed by atoms with E-state index in [1.807, 2.05) is 42.7 Å². The number of rotatable bonds is 12. The minimum atomic E-state index is 0.116. The number of halogens is 1. The molecule has 0 amide bonds. The summed E-state index contributed by atoms with van der Waals surface area (Å²) in [5, 5.41) is 10.3. The van der Waals surface area contributed by atoms with E-state index in [-0.39, 0.29) is 5.75 Å². The summed E-state index contributed by atoms with van der Waals surface area (Å²) in [6.07, 6.45) is 16.7. The summed E-state index contributed by atoms with van der Waals surface area (Å²) in [7, 11) is 1.54. The molecule has 0 spiro atoms. The number of pyridine rings is 2. The molecule has 5 rings (SSSR count). The molecule has 1 N–H and O–H groups in total. The molecule has 0 aliphatic heterocycles. The van der Waals surface area contributed by atoms with Crippen molar-refractivity contribution >= 4 is 11.6 Å². The first-order valence-electron chi connectivity index (χ1n) is 14.9. The normalized spacial score (nSPS) is 12.1. The van der Waals surface area contributed by atoms with Crippen LogP contribution in [-0.4, -0.2) is 42.1 Å². The first-order chi connectivity index (χ1) is 21.5. The molecule has 0 radical (unpaired) electrons. The van der Waals surface area contributed by atoms with Crippen molar-refractivity contribution in [2.75, 3.05) is 7.11 Å². The van der Waals surface area contributed by atoms with Gasteiger partial charge in [0.15, 0.2) is 11.5 Å². The Morgan fingerprint density at radius 2 is 1.34 bits per heavy atom. The first kappa shape index (κ1) is 32.5. The topological polar surface area (TPSA) is 107 Å². The molecule has 9 heteroatoms. The maximum absolute atomic E-state index is 9.78. The highest BCUT2D eigenvalue weighted by atomic mass is 35.5. The van der Waals surface area contributed by atoms with Crippen molar-refractivity contribution in [1.29, 1.82) is 0 Å². The standard InChI is InChI=1S/C21H23N3O2.C14H16ClN3/c1-3-5-15(17-6-4-9-22-13-17)10-18-12-19(24-14-23-18)16-7-8-20(25)21(11-16)26-2;1-2-4-11(12-5-3-6-16-9-12)7-13-8-14(15)18-10-17-13/h4,6-9,11-15,25H,3,5,10H2,1-2H3;3,5-6,8-11H,2,4,7H2,1H3. The highest BCUT2D eigenvalue weighted by Gasteiger charge is 2.15. The van der Waals surface area contributed by atoms with Crippen molar-refractivity contribution in [2.45, 2.75) is 64.2 Å². The smallest absolute Gasteiger partial charge is 0.161 e. The van der Waals surface area contributed by atoms with Gasteiger partial charge in [0.1, 0.15) is 17.8 Å². The second kappa shape index (κ2) is 17.0. The zero-order chi connectivity index (χ0) is 31.1. The molecule has 0 aliphatic carbocycles. The zero-order valence-electron chi connectivity index (χ0n) is 25.5. The van der Waals surface area contributed by atoms with E-state index in [0.29, 0.717) is 22.7 Å². The van der Waals surface area contributed by atoms with E-state index in [0.717, 1.165) is 61.2 Å². The highest BCUT2D eigenvalue weighted by molar-refractivity contribution is 6.29. The van der Waals surface area contributed by atoms with Gasteiger partial charge in [0.2, 0.25) is 0 Å². The Balaban J connectivity index is 0.000000215. The van der Waals surface area contributed by atoms with Crippen molar-refractivity contribution in [3.05, 3.63) is 120 Å². The molecule has 228 valence electrons. The number of aromatic hydroxyl groups is 1. The lowest BCUT2D eigenvalue weighted by Crippen LogP contribution is -2.05. The molecule has 1 aromatic carbocycles. The molecule has 4 heterocycles. The Bertz CT molecular complexity index is 1570. The van der Waals surface area contributed by atoms with E-state index in [1.165, 1.54) is 24.6 Å². The van der Waals surface area contributed by atoms with Crippen LogP contribution in [0.2, 0.25) is 5.15 Å². The molecule has 0 bridgehead atoms. The molecular weight excluding hydrogens is 572 g/mol.